The Morgan fingerprint density at radius 1 is 1.28 bits per heavy atom. The fraction of sp³-hybridized carbons (Fsp3) is 0.385. The molecule has 18 heavy (non-hydrogen) atoms. The molecule has 98 valence electrons. The van der Waals surface area contributed by atoms with Gasteiger partial charge in [0.1, 0.15) is 5.75 Å². The van der Waals surface area contributed by atoms with Crippen LogP contribution in [0, 0.1) is 0 Å². The Balaban J connectivity index is 2.52. The molecule has 1 rings (SSSR count). The van der Waals surface area contributed by atoms with Crippen molar-refractivity contribution in [3.63, 3.8) is 0 Å². The highest BCUT2D eigenvalue weighted by molar-refractivity contribution is 7.80. The van der Waals surface area contributed by atoms with E-state index in [9.17, 15) is 4.79 Å². The summed E-state index contributed by atoms with van der Waals surface area (Å²) in [5.41, 5.74) is 1.06. The van der Waals surface area contributed by atoms with E-state index in [4.69, 9.17) is 17.0 Å². The van der Waals surface area contributed by atoms with Crippen molar-refractivity contribution in [1.29, 1.82) is 0 Å². The summed E-state index contributed by atoms with van der Waals surface area (Å²) in [6, 6.07) is 7.50. The van der Waals surface area contributed by atoms with Crippen LogP contribution in [0.25, 0.3) is 0 Å². The minimum Gasteiger partial charge on any atom is -0.469 e. The highest BCUT2D eigenvalue weighted by Crippen LogP contribution is 2.14. The van der Waals surface area contributed by atoms with Crippen LogP contribution in [0.4, 0.5) is 0 Å². The molecule has 0 radical (unpaired) electrons. The van der Waals surface area contributed by atoms with Crippen LogP contribution in [0.3, 0.4) is 0 Å². The van der Waals surface area contributed by atoms with E-state index in [0.717, 1.165) is 5.56 Å². The van der Waals surface area contributed by atoms with Crippen molar-refractivity contribution in [3.8, 4) is 5.75 Å². The van der Waals surface area contributed by atoms with Gasteiger partial charge >= 0.3 is 5.97 Å². The largest absolute Gasteiger partial charge is 0.469 e. The monoisotopic (exact) mass is 267 g/mol. The zero-order valence-electron chi connectivity index (χ0n) is 10.8. The molecule has 1 aromatic carbocycles. The molecular weight excluding hydrogens is 250 g/mol. The fourth-order valence-corrected chi connectivity index (χ4v) is 1.36. The number of ether oxygens (including phenoxy) is 2. The maximum absolute atomic E-state index is 11.0. The van der Waals surface area contributed by atoms with Gasteiger partial charge in [-0.3, -0.25) is 4.79 Å². The second-order valence-corrected chi connectivity index (χ2v) is 4.33. The third-order valence-electron chi connectivity index (χ3n) is 2.34. The molecule has 0 saturated heterocycles. The highest BCUT2D eigenvalue weighted by Gasteiger charge is 2.04. The molecule has 0 atom stereocenters. The van der Waals surface area contributed by atoms with E-state index in [-0.39, 0.29) is 5.97 Å². The van der Waals surface area contributed by atoms with Crippen LogP contribution in [0.1, 0.15) is 12.0 Å². The molecule has 1 aromatic rings. The lowest BCUT2D eigenvalue weighted by Crippen LogP contribution is -2.24. The van der Waals surface area contributed by atoms with Gasteiger partial charge in [0.25, 0.3) is 5.17 Å². The average Bonchev–Trinajstić information content (AvgIpc) is 2.37. The SMILES string of the molecule is COC(=O)CCc1ccc(OC(=S)N(C)C)cc1. The molecule has 0 aromatic heterocycles. The van der Waals surface area contributed by atoms with Crippen molar-refractivity contribution in [3.05, 3.63) is 29.8 Å². The van der Waals surface area contributed by atoms with Crippen LogP contribution in [0.15, 0.2) is 24.3 Å². The molecule has 0 unspecified atom stereocenters. The zero-order valence-corrected chi connectivity index (χ0v) is 11.6. The maximum Gasteiger partial charge on any atom is 0.305 e. The number of nitrogens with zero attached hydrogens (tertiary/aromatic N) is 1. The first-order valence-electron chi connectivity index (χ1n) is 5.58. The Hall–Kier alpha value is -1.62. The number of rotatable bonds is 4. The number of thiocarbonyl (C=S) groups is 1. The van der Waals surface area contributed by atoms with E-state index in [1.807, 2.05) is 38.4 Å². The Morgan fingerprint density at radius 2 is 1.89 bits per heavy atom. The Kier molecular flexibility index (Phi) is 5.58. The predicted molar refractivity (Wildman–Crippen MR) is 73.7 cm³/mol. The van der Waals surface area contributed by atoms with Crippen LogP contribution < -0.4 is 4.74 Å². The van der Waals surface area contributed by atoms with Gasteiger partial charge in [-0.15, -0.1) is 0 Å². The lowest BCUT2D eigenvalue weighted by atomic mass is 10.1. The molecule has 0 aliphatic carbocycles. The van der Waals surface area contributed by atoms with E-state index >= 15 is 0 Å². The number of methoxy groups -OCH3 is 1. The molecular formula is C13H17NO3S. The summed E-state index contributed by atoms with van der Waals surface area (Å²) < 4.78 is 10.0. The molecule has 0 aliphatic heterocycles. The van der Waals surface area contributed by atoms with Crippen molar-refractivity contribution in [1.82, 2.24) is 4.90 Å². The van der Waals surface area contributed by atoms with Gasteiger partial charge < -0.3 is 14.4 Å². The van der Waals surface area contributed by atoms with Gasteiger partial charge in [-0.25, -0.2) is 0 Å². The molecule has 0 aliphatic rings. The maximum atomic E-state index is 11.0. The Bertz CT molecular complexity index is 415. The van der Waals surface area contributed by atoms with Gasteiger partial charge in [-0.2, -0.15) is 0 Å². The van der Waals surface area contributed by atoms with Gasteiger partial charge in [0.15, 0.2) is 0 Å². The van der Waals surface area contributed by atoms with E-state index in [1.165, 1.54) is 7.11 Å². The molecule has 0 saturated carbocycles. The minimum absolute atomic E-state index is 0.205. The first-order chi connectivity index (χ1) is 8.52. The van der Waals surface area contributed by atoms with Crippen LogP contribution in [0.5, 0.6) is 5.75 Å². The molecule has 4 nitrogen and oxygen atoms in total. The summed E-state index contributed by atoms with van der Waals surface area (Å²) in [4.78, 5) is 12.7. The number of carbonyl (C=O) groups is 1. The molecule has 0 spiro atoms. The van der Waals surface area contributed by atoms with E-state index < -0.39 is 0 Å². The number of esters is 1. The quantitative estimate of drug-likeness (QED) is 0.616. The minimum atomic E-state index is -0.205. The second kappa shape index (κ2) is 6.96. The molecule has 0 fully saturated rings. The summed E-state index contributed by atoms with van der Waals surface area (Å²) in [7, 11) is 5.04. The van der Waals surface area contributed by atoms with Gasteiger partial charge in [0.05, 0.1) is 7.11 Å². The summed E-state index contributed by atoms with van der Waals surface area (Å²) in [6.07, 6.45) is 1.04. The number of benzene rings is 1. The molecule has 5 heteroatoms. The lowest BCUT2D eigenvalue weighted by molar-refractivity contribution is -0.140. The molecule has 0 amide bonds. The van der Waals surface area contributed by atoms with Crippen molar-refractivity contribution >= 4 is 23.4 Å². The first-order valence-corrected chi connectivity index (χ1v) is 5.98. The van der Waals surface area contributed by atoms with Gasteiger partial charge in [-0.05, 0) is 36.3 Å². The normalized spacial score (nSPS) is 9.72. The zero-order chi connectivity index (χ0) is 13.5. The summed E-state index contributed by atoms with van der Waals surface area (Å²) >= 11 is 5.04. The van der Waals surface area contributed by atoms with Crippen LogP contribution in [-0.2, 0) is 16.0 Å². The topological polar surface area (TPSA) is 38.8 Å². The number of hydrogen-bond acceptors (Lipinski definition) is 4. The first kappa shape index (κ1) is 14.4. The standard InChI is InChI=1S/C13H17NO3S/c1-14(2)13(18)17-11-7-4-10(5-8-11)6-9-12(15)16-3/h4-5,7-8H,6,9H2,1-3H3. The number of hydrogen-bond donors (Lipinski definition) is 0. The van der Waals surface area contributed by atoms with E-state index in [1.54, 1.807) is 4.90 Å². The Labute approximate surface area is 112 Å². The van der Waals surface area contributed by atoms with E-state index in [2.05, 4.69) is 4.74 Å². The van der Waals surface area contributed by atoms with Gasteiger partial charge in [0, 0.05) is 20.5 Å². The third-order valence-corrected chi connectivity index (χ3v) is 2.79. The van der Waals surface area contributed by atoms with Gasteiger partial charge in [-0.1, -0.05) is 12.1 Å². The highest BCUT2D eigenvalue weighted by atomic mass is 32.1. The Morgan fingerprint density at radius 3 is 2.39 bits per heavy atom. The van der Waals surface area contributed by atoms with Crippen LogP contribution >= 0.6 is 12.2 Å². The van der Waals surface area contributed by atoms with Crippen LogP contribution in [0.2, 0.25) is 0 Å². The molecule has 0 heterocycles. The smallest absolute Gasteiger partial charge is 0.305 e. The number of aryl methyl sites for hydroxylation is 1. The van der Waals surface area contributed by atoms with Gasteiger partial charge in [0.2, 0.25) is 0 Å². The van der Waals surface area contributed by atoms with Crippen LogP contribution in [-0.4, -0.2) is 37.2 Å². The summed E-state index contributed by atoms with van der Waals surface area (Å²) in [5.74, 6) is 0.486. The second-order valence-electron chi connectivity index (χ2n) is 3.98. The summed E-state index contributed by atoms with van der Waals surface area (Å²) in [5, 5.41) is 0.414. The average molecular weight is 267 g/mol. The molecule has 0 N–H and O–H groups in total. The van der Waals surface area contributed by atoms with Crippen molar-refractivity contribution < 1.29 is 14.3 Å². The van der Waals surface area contributed by atoms with E-state index in [0.29, 0.717) is 23.8 Å². The van der Waals surface area contributed by atoms with Crippen molar-refractivity contribution in [2.45, 2.75) is 12.8 Å². The van der Waals surface area contributed by atoms with Crippen molar-refractivity contribution in [2.75, 3.05) is 21.2 Å². The third kappa shape index (κ3) is 4.71. The number of carbonyl (C=O) groups excluding carboxylic acids is 1. The predicted octanol–water partition coefficient (Wildman–Crippen LogP) is 2.02. The molecule has 0 bridgehead atoms. The fourth-order valence-electron chi connectivity index (χ4n) is 1.26. The lowest BCUT2D eigenvalue weighted by Gasteiger charge is -2.14. The van der Waals surface area contributed by atoms with Crippen molar-refractivity contribution in [2.24, 2.45) is 0 Å². The summed E-state index contributed by atoms with van der Waals surface area (Å²) in [6.45, 7) is 0.